The lowest BCUT2D eigenvalue weighted by atomic mass is 9.96. The second kappa shape index (κ2) is 16.3. The third kappa shape index (κ3) is 7.70. The monoisotopic (exact) mass is 890 g/mol. The largest absolute Gasteiger partial charge is 0.472 e. The zero-order valence-electron chi connectivity index (χ0n) is 39.3. The van der Waals surface area contributed by atoms with Crippen LogP contribution in [0.5, 0.6) is 11.9 Å². The number of carbonyl (C=O) groups excluding carboxylic acids is 1. The average Bonchev–Trinajstić information content (AvgIpc) is 3.79. The molecule has 0 radical (unpaired) electrons. The minimum atomic E-state index is -2.29. The Morgan fingerprint density at radius 1 is 1.02 bits per heavy atom. The van der Waals surface area contributed by atoms with Crippen molar-refractivity contribution in [2.24, 2.45) is 5.41 Å². The first-order valence-corrected chi connectivity index (χ1v) is 25.7. The molecule has 340 valence electrons. The molecule has 1 aliphatic carbocycles. The Labute approximate surface area is 378 Å². The first-order valence-electron chi connectivity index (χ1n) is 23.4. The summed E-state index contributed by atoms with van der Waals surface area (Å²) in [6.45, 7) is 28.7. The smallest absolute Gasteiger partial charge is 0.410 e. The van der Waals surface area contributed by atoms with Crippen LogP contribution in [0.1, 0.15) is 107 Å². The standard InChI is InChI=1S/C51H64F2N6O4Si/c1-29(2)64(30(3)4,31(5)6)24-20-36-38(52)17-15-34-13-12-14-37(40(34)36)43-42(53)44-41-46(56-48(55-44)61-28-51(21-22-51)27-57-23-19-32(7)25-57)58-26-35-16-18-39(45(58)33(8)62-47(41)54-43)59(35)49(60)63-50(9,10)11/h12-15,17,29-31,33,35,39,45H,7,16,18-19,21-23,25-28H2,1-6,8-11H3/t33-,35+,39-,45+/m0/s1. The SMILES string of the molecule is C=C1CCN(CC2(COc3nc4c5c(nc(-c6cccc7ccc(F)c(C#C[Si](C(C)C)(C(C)C)C(C)C)c67)c(F)c5n3)O[C@@H](C)[C@@H]3[C@@H]5CC[C@H](CN43)N5C(=O)OC(C)(C)C)CC2)C1. The average molecular weight is 891 g/mol. The van der Waals surface area contributed by atoms with Crippen LogP contribution in [0.4, 0.5) is 19.4 Å². The van der Waals surface area contributed by atoms with Crippen LogP contribution in [0.15, 0.2) is 42.5 Å². The molecule has 4 fully saturated rings. The lowest BCUT2D eigenvalue weighted by Gasteiger charge is -2.48. The number of fused-ring (bicyclic) bond motifs is 6. The number of piperazine rings is 1. The quantitative estimate of drug-likeness (QED) is 0.0925. The van der Waals surface area contributed by atoms with E-state index in [1.165, 1.54) is 11.6 Å². The number of amides is 1. The van der Waals surface area contributed by atoms with Crippen molar-refractivity contribution in [2.75, 3.05) is 37.7 Å². The van der Waals surface area contributed by atoms with E-state index in [1.807, 2.05) is 44.7 Å². The maximum atomic E-state index is 18.0. The molecule has 4 aromatic rings. The van der Waals surface area contributed by atoms with Crippen molar-refractivity contribution in [1.29, 1.82) is 0 Å². The Hall–Kier alpha value is -4.80. The number of rotatable bonds is 9. The van der Waals surface area contributed by atoms with Gasteiger partial charge in [0, 0.05) is 42.5 Å². The van der Waals surface area contributed by atoms with Gasteiger partial charge in [0.15, 0.2) is 5.82 Å². The highest BCUT2D eigenvalue weighted by Crippen LogP contribution is 2.50. The van der Waals surface area contributed by atoms with Gasteiger partial charge in [-0.15, -0.1) is 5.54 Å². The molecule has 9 rings (SSSR count). The molecule has 2 aromatic heterocycles. The number of benzene rings is 2. The third-order valence-electron chi connectivity index (χ3n) is 14.8. The van der Waals surface area contributed by atoms with Crippen LogP contribution in [0.3, 0.4) is 0 Å². The van der Waals surface area contributed by atoms with Gasteiger partial charge in [-0.2, -0.15) is 9.97 Å². The maximum absolute atomic E-state index is 18.0. The molecular formula is C51H64F2N6O4Si. The van der Waals surface area contributed by atoms with Crippen LogP contribution in [-0.2, 0) is 4.74 Å². The number of aromatic nitrogens is 3. The summed E-state index contributed by atoms with van der Waals surface area (Å²) < 4.78 is 53.7. The number of carbonyl (C=O) groups is 1. The normalized spacial score (nSPS) is 22.8. The molecule has 4 atom stereocenters. The van der Waals surface area contributed by atoms with Gasteiger partial charge in [0.2, 0.25) is 5.88 Å². The molecule has 4 aliphatic heterocycles. The Balaban J connectivity index is 1.20. The third-order valence-corrected chi connectivity index (χ3v) is 21.1. The Morgan fingerprint density at radius 2 is 1.75 bits per heavy atom. The van der Waals surface area contributed by atoms with Crippen LogP contribution in [-0.4, -0.2) is 102 Å². The fraction of sp³-hybridized carbons (Fsp3) is 0.569. The summed E-state index contributed by atoms with van der Waals surface area (Å²) in [7, 11) is -2.29. The number of halogens is 2. The number of anilines is 1. The first kappa shape index (κ1) is 44.4. The summed E-state index contributed by atoms with van der Waals surface area (Å²) in [6.07, 6.45) is 3.69. The van der Waals surface area contributed by atoms with Crippen molar-refractivity contribution in [2.45, 2.75) is 148 Å². The van der Waals surface area contributed by atoms with Crippen LogP contribution in [0.2, 0.25) is 16.6 Å². The lowest BCUT2D eigenvalue weighted by Crippen LogP contribution is -2.65. The van der Waals surface area contributed by atoms with Crippen molar-refractivity contribution in [1.82, 2.24) is 24.8 Å². The number of pyridine rings is 1. The van der Waals surface area contributed by atoms with Gasteiger partial charge < -0.3 is 19.1 Å². The van der Waals surface area contributed by atoms with Crippen molar-refractivity contribution in [3.63, 3.8) is 0 Å². The van der Waals surface area contributed by atoms with E-state index >= 15 is 8.78 Å². The van der Waals surface area contributed by atoms with E-state index in [4.69, 9.17) is 29.2 Å². The molecule has 13 heteroatoms. The highest BCUT2D eigenvalue weighted by molar-refractivity contribution is 6.90. The Kier molecular flexibility index (Phi) is 11.3. The fourth-order valence-corrected chi connectivity index (χ4v) is 16.9. The summed E-state index contributed by atoms with van der Waals surface area (Å²) in [6, 6.07) is 7.96. The van der Waals surface area contributed by atoms with E-state index in [9.17, 15) is 4.79 Å². The number of ether oxygens (including phenoxy) is 3. The molecule has 0 N–H and O–H groups in total. The molecule has 6 heterocycles. The molecule has 0 unspecified atom stereocenters. The first-order chi connectivity index (χ1) is 30.3. The summed E-state index contributed by atoms with van der Waals surface area (Å²) in [5, 5.41) is 1.55. The molecule has 0 spiro atoms. The molecule has 2 bridgehead atoms. The van der Waals surface area contributed by atoms with E-state index in [-0.39, 0.29) is 58.3 Å². The van der Waals surface area contributed by atoms with Gasteiger partial charge in [-0.25, -0.2) is 18.6 Å². The maximum Gasteiger partial charge on any atom is 0.410 e. The van der Waals surface area contributed by atoms with E-state index in [0.717, 1.165) is 57.1 Å². The highest BCUT2D eigenvalue weighted by atomic mass is 28.3. The minimum Gasteiger partial charge on any atom is -0.472 e. The second-order valence-electron chi connectivity index (χ2n) is 21.3. The number of hydrogen-bond acceptors (Lipinski definition) is 9. The van der Waals surface area contributed by atoms with Crippen LogP contribution in [0, 0.1) is 28.5 Å². The molecule has 3 saturated heterocycles. The molecule has 1 saturated carbocycles. The molecular weight excluding hydrogens is 827 g/mol. The summed E-state index contributed by atoms with van der Waals surface area (Å²) in [5.41, 5.74) is 5.86. The minimum absolute atomic E-state index is 0.0161. The van der Waals surface area contributed by atoms with Gasteiger partial charge in [-0.05, 0) is 87.9 Å². The van der Waals surface area contributed by atoms with Gasteiger partial charge in [0.25, 0.3) is 0 Å². The Morgan fingerprint density at radius 3 is 2.41 bits per heavy atom. The second-order valence-corrected chi connectivity index (χ2v) is 26.8. The highest BCUT2D eigenvalue weighted by Gasteiger charge is 2.54. The molecule has 2 aromatic carbocycles. The zero-order chi connectivity index (χ0) is 45.6. The molecule has 64 heavy (non-hydrogen) atoms. The number of hydrogen-bond donors (Lipinski definition) is 0. The van der Waals surface area contributed by atoms with Crippen molar-refractivity contribution in [3.05, 3.63) is 59.7 Å². The summed E-state index contributed by atoms with van der Waals surface area (Å²) in [5.74, 6) is 2.87. The zero-order valence-corrected chi connectivity index (χ0v) is 40.3. The Bertz CT molecular complexity index is 2570. The summed E-state index contributed by atoms with van der Waals surface area (Å²) in [4.78, 5) is 35.3. The topological polar surface area (TPSA) is 93.2 Å². The van der Waals surface area contributed by atoms with Gasteiger partial charge in [-0.1, -0.05) is 83.9 Å². The van der Waals surface area contributed by atoms with E-state index < -0.39 is 31.4 Å². The van der Waals surface area contributed by atoms with Crippen LogP contribution in [0.25, 0.3) is 32.9 Å². The molecule has 5 aliphatic rings. The predicted molar refractivity (Wildman–Crippen MR) is 252 cm³/mol. The van der Waals surface area contributed by atoms with Gasteiger partial charge in [-0.3, -0.25) is 9.80 Å². The van der Waals surface area contributed by atoms with Crippen LogP contribution < -0.4 is 14.4 Å². The van der Waals surface area contributed by atoms with Crippen molar-refractivity contribution in [3.8, 4) is 34.6 Å². The van der Waals surface area contributed by atoms with Gasteiger partial charge in [0.1, 0.15) is 48.0 Å². The molecule has 1 amide bonds. The predicted octanol–water partition coefficient (Wildman–Crippen LogP) is 10.9. The number of likely N-dealkylation sites (tertiary alicyclic amines) is 1. The fourth-order valence-electron chi connectivity index (χ4n) is 11.7. The number of nitrogens with zero attached hydrogens (tertiary/aromatic N) is 6. The lowest BCUT2D eigenvalue weighted by molar-refractivity contribution is 0.000937. The van der Waals surface area contributed by atoms with Crippen LogP contribution >= 0.6 is 0 Å². The van der Waals surface area contributed by atoms with Crippen molar-refractivity contribution < 1.29 is 27.8 Å². The van der Waals surface area contributed by atoms with Gasteiger partial charge in [0.05, 0.1) is 30.3 Å². The van der Waals surface area contributed by atoms with E-state index in [0.29, 0.717) is 51.9 Å². The van der Waals surface area contributed by atoms with Gasteiger partial charge >= 0.3 is 12.1 Å². The molecule has 10 nitrogen and oxygen atoms in total. The van der Waals surface area contributed by atoms with Crippen molar-refractivity contribution >= 4 is 41.7 Å². The van der Waals surface area contributed by atoms with E-state index in [1.54, 1.807) is 12.1 Å². The summed E-state index contributed by atoms with van der Waals surface area (Å²) >= 11 is 0. The van der Waals surface area contributed by atoms with E-state index in [2.05, 4.69) is 69.4 Å².